The highest BCUT2D eigenvalue weighted by atomic mass is 16.1. The summed E-state index contributed by atoms with van der Waals surface area (Å²) < 4.78 is 0. The van der Waals surface area contributed by atoms with Crippen molar-refractivity contribution >= 4 is 12.2 Å². The van der Waals surface area contributed by atoms with Crippen molar-refractivity contribution in [2.45, 2.75) is 32.6 Å². The fourth-order valence-corrected chi connectivity index (χ4v) is 0.965. The fraction of sp³-hybridized carbons (Fsp3) is 0.778. The lowest BCUT2D eigenvalue weighted by atomic mass is 10.1. The van der Waals surface area contributed by atoms with E-state index in [1.807, 2.05) is 0 Å². The van der Waals surface area contributed by atoms with Crippen LogP contribution in [0.2, 0.25) is 0 Å². The van der Waals surface area contributed by atoms with Crippen molar-refractivity contribution in [3.63, 3.8) is 0 Å². The third-order valence-electron chi connectivity index (χ3n) is 1.72. The molecule has 0 aliphatic carbocycles. The molecule has 0 aliphatic rings. The number of Topliss-reactive ketones (excluding diaryl/α,β-unsaturated/α-hetero) is 1. The van der Waals surface area contributed by atoms with Gasteiger partial charge in [0, 0.05) is 20.0 Å². The highest BCUT2D eigenvalue weighted by molar-refractivity contribution is 5.75. The molecule has 0 aromatic rings. The summed E-state index contributed by atoms with van der Waals surface area (Å²) in [5, 5.41) is 0. The summed E-state index contributed by atoms with van der Waals surface area (Å²) in [5.41, 5.74) is 0. The minimum atomic E-state index is 0.249. The summed E-state index contributed by atoms with van der Waals surface area (Å²) in [5.74, 6) is 0.249. The standard InChI is InChI=1S/C9H17NO2/c1-9(12)6-4-3-5-7-10(2)8-11/h8H,3-7H2,1-2H3. The Morgan fingerprint density at radius 1 is 1.33 bits per heavy atom. The van der Waals surface area contributed by atoms with Crippen LogP contribution in [-0.2, 0) is 9.59 Å². The van der Waals surface area contributed by atoms with Crippen molar-refractivity contribution in [2.24, 2.45) is 0 Å². The van der Waals surface area contributed by atoms with E-state index in [1.54, 1.807) is 18.9 Å². The lowest BCUT2D eigenvalue weighted by Crippen LogP contribution is -2.16. The number of carbonyl (C=O) groups is 2. The zero-order valence-corrected chi connectivity index (χ0v) is 7.88. The van der Waals surface area contributed by atoms with Crippen LogP contribution < -0.4 is 0 Å². The third-order valence-corrected chi connectivity index (χ3v) is 1.72. The van der Waals surface area contributed by atoms with Gasteiger partial charge < -0.3 is 9.69 Å². The van der Waals surface area contributed by atoms with Gasteiger partial charge in [-0.1, -0.05) is 6.42 Å². The van der Waals surface area contributed by atoms with Crippen LogP contribution in [0.4, 0.5) is 0 Å². The first kappa shape index (κ1) is 11.1. The summed E-state index contributed by atoms with van der Waals surface area (Å²) >= 11 is 0. The minimum absolute atomic E-state index is 0.249. The topological polar surface area (TPSA) is 37.4 Å². The number of ketones is 1. The summed E-state index contributed by atoms with van der Waals surface area (Å²) in [7, 11) is 1.76. The minimum Gasteiger partial charge on any atom is -0.348 e. The molecular weight excluding hydrogens is 154 g/mol. The van der Waals surface area contributed by atoms with Crippen LogP contribution in [0.25, 0.3) is 0 Å². The maximum Gasteiger partial charge on any atom is 0.209 e. The molecule has 0 spiro atoms. The molecule has 0 radical (unpaired) electrons. The van der Waals surface area contributed by atoms with Crippen molar-refractivity contribution < 1.29 is 9.59 Å². The molecule has 3 heteroatoms. The number of rotatable bonds is 7. The van der Waals surface area contributed by atoms with Gasteiger partial charge in [-0.2, -0.15) is 0 Å². The smallest absolute Gasteiger partial charge is 0.209 e. The van der Waals surface area contributed by atoms with Gasteiger partial charge in [0.15, 0.2) is 0 Å². The summed E-state index contributed by atoms with van der Waals surface area (Å²) in [6.07, 6.45) is 4.46. The largest absolute Gasteiger partial charge is 0.348 e. The van der Waals surface area contributed by atoms with Crippen LogP contribution in [0.1, 0.15) is 32.6 Å². The van der Waals surface area contributed by atoms with Crippen molar-refractivity contribution in [3.8, 4) is 0 Å². The Morgan fingerprint density at radius 2 is 2.00 bits per heavy atom. The second-order valence-corrected chi connectivity index (χ2v) is 3.10. The lowest BCUT2D eigenvalue weighted by molar-refractivity contribution is -0.118. The van der Waals surface area contributed by atoms with E-state index < -0.39 is 0 Å². The van der Waals surface area contributed by atoms with Gasteiger partial charge >= 0.3 is 0 Å². The summed E-state index contributed by atoms with van der Waals surface area (Å²) in [4.78, 5) is 22.3. The van der Waals surface area contributed by atoms with E-state index >= 15 is 0 Å². The maximum absolute atomic E-state index is 10.5. The zero-order valence-electron chi connectivity index (χ0n) is 7.88. The monoisotopic (exact) mass is 171 g/mol. The average molecular weight is 171 g/mol. The maximum atomic E-state index is 10.5. The van der Waals surface area contributed by atoms with E-state index in [1.165, 1.54) is 0 Å². The van der Waals surface area contributed by atoms with E-state index in [4.69, 9.17) is 0 Å². The molecule has 0 N–H and O–H groups in total. The Kier molecular flexibility index (Phi) is 6.34. The van der Waals surface area contributed by atoms with E-state index in [0.717, 1.165) is 32.2 Å². The molecule has 0 fully saturated rings. The van der Waals surface area contributed by atoms with Gasteiger partial charge in [-0.05, 0) is 19.8 Å². The molecule has 0 rings (SSSR count). The number of hydrogen-bond donors (Lipinski definition) is 0. The summed E-state index contributed by atoms with van der Waals surface area (Å²) in [6.45, 7) is 2.40. The fourth-order valence-electron chi connectivity index (χ4n) is 0.965. The molecular formula is C9H17NO2. The van der Waals surface area contributed by atoms with E-state index in [2.05, 4.69) is 0 Å². The zero-order chi connectivity index (χ0) is 9.40. The van der Waals surface area contributed by atoms with Crippen LogP contribution >= 0.6 is 0 Å². The SMILES string of the molecule is CC(=O)CCCCCN(C)C=O. The Balaban J connectivity index is 3.10. The first-order valence-electron chi connectivity index (χ1n) is 4.32. The Morgan fingerprint density at radius 3 is 2.50 bits per heavy atom. The first-order chi connectivity index (χ1) is 5.66. The van der Waals surface area contributed by atoms with Gasteiger partial charge in [-0.25, -0.2) is 0 Å². The first-order valence-corrected chi connectivity index (χ1v) is 4.32. The predicted molar refractivity (Wildman–Crippen MR) is 47.8 cm³/mol. The van der Waals surface area contributed by atoms with Crippen LogP contribution in [0.3, 0.4) is 0 Å². The summed E-state index contributed by atoms with van der Waals surface area (Å²) in [6, 6.07) is 0. The predicted octanol–water partition coefficient (Wildman–Crippen LogP) is 1.22. The van der Waals surface area contributed by atoms with E-state index in [-0.39, 0.29) is 5.78 Å². The molecule has 0 aliphatic heterocycles. The second-order valence-electron chi connectivity index (χ2n) is 3.10. The van der Waals surface area contributed by atoms with Gasteiger partial charge in [0.25, 0.3) is 0 Å². The quantitative estimate of drug-likeness (QED) is 0.426. The molecule has 12 heavy (non-hydrogen) atoms. The van der Waals surface area contributed by atoms with Gasteiger partial charge in [0.2, 0.25) is 6.41 Å². The van der Waals surface area contributed by atoms with Crippen LogP contribution in [0, 0.1) is 0 Å². The Labute approximate surface area is 73.7 Å². The van der Waals surface area contributed by atoms with E-state index in [9.17, 15) is 9.59 Å². The number of nitrogens with zero attached hydrogens (tertiary/aromatic N) is 1. The molecule has 0 aromatic heterocycles. The van der Waals surface area contributed by atoms with Gasteiger partial charge in [-0.3, -0.25) is 4.79 Å². The highest BCUT2D eigenvalue weighted by Gasteiger charge is 1.95. The van der Waals surface area contributed by atoms with Crippen molar-refractivity contribution in [3.05, 3.63) is 0 Å². The van der Waals surface area contributed by atoms with Gasteiger partial charge in [0.1, 0.15) is 5.78 Å². The Bertz CT molecular complexity index is 145. The number of unbranched alkanes of at least 4 members (excludes halogenated alkanes) is 2. The average Bonchev–Trinajstić information content (AvgIpc) is 2.03. The number of amides is 1. The van der Waals surface area contributed by atoms with Crippen molar-refractivity contribution in [1.82, 2.24) is 4.90 Å². The molecule has 1 amide bonds. The van der Waals surface area contributed by atoms with Crippen LogP contribution in [-0.4, -0.2) is 30.7 Å². The third kappa shape index (κ3) is 7.25. The molecule has 0 saturated heterocycles. The van der Waals surface area contributed by atoms with Gasteiger partial charge in [-0.15, -0.1) is 0 Å². The van der Waals surface area contributed by atoms with Crippen molar-refractivity contribution in [1.29, 1.82) is 0 Å². The normalized spacial score (nSPS) is 9.50. The molecule has 0 unspecified atom stereocenters. The lowest BCUT2D eigenvalue weighted by Gasteiger charge is -2.08. The molecule has 70 valence electrons. The molecule has 0 heterocycles. The number of hydrogen-bond acceptors (Lipinski definition) is 2. The molecule has 0 aromatic carbocycles. The molecule has 3 nitrogen and oxygen atoms in total. The Hall–Kier alpha value is -0.860. The highest BCUT2D eigenvalue weighted by Crippen LogP contribution is 2.00. The van der Waals surface area contributed by atoms with Gasteiger partial charge in [0.05, 0.1) is 0 Å². The molecule has 0 saturated carbocycles. The molecule has 0 bridgehead atoms. The van der Waals surface area contributed by atoms with E-state index in [0.29, 0.717) is 6.42 Å². The second kappa shape index (κ2) is 6.83. The number of carbonyl (C=O) groups excluding carboxylic acids is 2. The molecule has 0 atom stereocenters. The van der Waals surface area contributed by atoms with Crippen molar-refractivity contribution in [2.75, 3.05) is 13.6 Å². The van der Waals surface area contributed by atoms with Crippen LogP contribution in [0.15, 0.2) is 0 Å². The van der Waals surface area contributed by atoms with Crippen LogP contribution in [0.5, 0.6) is 0 Å².